The van der Waals surface area contributed by atoms with Crippen molar-refractivity contribution < 1.29 is 9.09 Å². The fraction of sp³-hybridized carbons (Fsp3) is 1.00. The smallest absolute Gasteiger partial charge is 0.257 e. The van der Waals surface area contributed by atoms with E-state index in [0.29, 0.717) is 12.8 Å². The van der Waals surface area contributed by atoms with Crippen LogP contribution in [0.4, 0.5) is 0 Å². The molecule has 0 spiro atoms. The SMILES string of the molecule is CCOP(=O)(CC)SC(C)(C)C. The topological polar surface area (TPSA) is 26.3 Å². The van der Waals surface area contributed by atoms with Crippen molar-refractivity contribution in [1.82, 2.24) is 0 Å². The maximum atomic E-state index is 11.9. The average Bonchev–Trinajstić information content (AvgIpc) is 1.84. The molecule has 0 aliphatic heterocycles. The summed E-state index contributed by atoms with van der Waals surface area (Å²) in [6.07, 6.45) is 0.614. The van der Waals surface area contributed by atoms with Crippen LogP contribution in [0.3, 0.4) is 0 Å². The largest absolute Gasteiger partial charge is 0.321 e. The predicted molar refractivity (Wildman–Crippen MR) is 57.1 cm³/mol. The normalized spacial score (nSPS) is 17.4. The van der Waals surface area contributed by atoms with Gasteiger partial charge in [-0.2, -0.15) is 0 Å². The molecule has 1 unspecified atom stereocenters. The molecule has 2 nitrogen and oxygen atoms in total. The Kier molecular flexibility index (Phi) is 4.90. The van der Waals surface area contributed by atoms with Crippen molar-refractivity contribution in [2.75, 3.05) is 12.8 Å². The van der Waals surface area contributed by atoms with E-state index in [9.17, 15) is 4.57 Å². The summed E-state index contributed by atoms with van der Waals surface area (Å²) in [5.41, 5.74) is 0. The lowest BCUT2D eigenvalue weighted by atomic mass is 10.3. The molecule has 0 fully saturated rings. The van der Waals surface area contributed by atoms with E-state index < -0.39 is 6.57 Å². The molecule has 0 saturated heterocycles. The monoisotopic (exact) mass is 210 g/mol. The summed E-state index contributed by atoms with van der Waals surface area (Å²) in [7, 11) is 0. The minimum Gasteiger partial charge on any atom is -0.321 e. The van der Waals surface area contributed by atoms with Gasteiger partial charge in [0.15, 0.2) is 0 Å². The van der Waals surface area contributed by atoms with Gasteiger partial charge in [-0.05, 0) is 6.92 Å². The van der Waals surface area contributed by atoms with Crippen LogP contribution in [0, 0.1) is 0 Å². The van der Waals surface area contributed by atoms with Crippen LogP contribution < -0.4 is 0 Å². The number of hydrogen-bond donors (Lipinski definition) is 0. The van der Waals surface area contributed by atoms with Crippen molar-refractivity contribution in [3.63, 3.8) is 0 Å². The summed E-state index contributed by atoms with van der Waals surface area (Å²) in [5.74, 6) is 0. The standard InChI is InChI=1S/C8H19O2PS/c1-6-10-11(9,7-2)12-8(3,4)5/h6-7H2,1-5H3. The number of rotatable bonds is 4. The van der Waals surface area contributed by atoms with E-state index in [0.717, 1.165) is 0 Å². The summed E-state index contributed by atoms with van der Waals surface area (Å²) in [6.45, 7) is 8.09. The van der Waals surface area contributed by atoms with Gasteiger partial charge in [0.2, 0.25) is 0 Å². The van der Waals surface area contributed by atoms with Crippen molar-refractivity contribution in [1.29, 1.82) is 0 Å². The van der Waals surface area contributed by atoms with Crippen molar-refractivity contribution >= 4 is 18.0 Å². The molecule has 0 rings (SSSR count). The van der Waals surface area contributed by atoms with Gasteiger partial charge in [-0.1, -0.05) is 39.1 Å². The van der Waals surface area contributed by atoms with Gasteiger partial charge in [-0.25, -0.2) is 0 Å². The molecule has 0 aromatic heterocycles. The highest BCUT2D eigenvalue weighted by molar-refractivity contribution is 8.57. The van der Waals surface area contributed by atoms with Crippen LogP contribution in [-0.4, -0.2) is 17.5 Å². The van der Waals surface area contributed by atoms with Crippen LogP contribution in [-0.2, 0) is 9.09 Å². The first-order valence-electron chi connectivity index (χ1n) is 4.27. The molecule has 0 saturated carbocycles. The van der Waals surface area contributed by atoms with Gasteiger partial charge in [0.1, 0.15) is 0 Å². The molecule has 0 N–H and O–H groups in total. The van der Waals surface area contributed by atoms with E-state index in [-0.39, 0.29) is 4.75 Å². The molecule has 0 aromatic rings. The first-order valence-corrected chi connectivity index (χ1v) is 7.50. The maximum Gasteiger partial charge on any atom is 0.257 e. The first-order chi connectivity index (χ1) is 5.33. The zero-order valence-corrected chi connectivity index (χ0v) is 10.3. The van der Waals surface area contributed by atoms with Gasteiger partial charge >= 0.3 is 0 Å². The summed E-state index contributed by atoms with van der Waals surface area (Å²) >= 11 is 1.46. The van der Waals surface area contributed by atoms with E-state index >= 15 is 0 Å². The van der Waals surface area contributed by atoms with E-state index in [1.54, 1.807) is 0 Å². The molecule has 1 atom stereocenters. The van der Waals surface area contributed by atoms with Crippen LogP contribution in [0.5, 0.6) is 0 Å². The second-order valence-corrected chi connectivity index (χ2v) is 9.29. The lowest BCUT2D eigenvalue weighted by Gasteiger charge is -2.24. The van der Waals surface area contributed by atoms with Crippen LogP contribution in [0.1, 0.15) is 34.6 Å². The molecule has 12 heavy (non-hydrogen) atoms. The maximum absolute atomic E-state index is 11.9. The molecule has 0 aliphatic carbocycles. The van der Waals surface area contributed by atoms with Crippen molar-refractivity contribution in [3.05, 3.63) is 0 Å². The average molecular weight is 210 g/mol. The highest BCUT2D eigenvalue weighted by atomic mass is 32.7. The second kappa shape index (κ2) is 4.69. The molecule has 0 aromatic carbocycles. The minimum atomic E-state index is -2.41. The highest BCUT2D eigenvalue weighted by Gasteiger charge is 2.28. The zero-order valence-electron chi connectivity index (χ0n) is 8.59. The molecular formula is C8H19O2PS. The molecule has 0 heterocycles. The van der Waals surface area contributed by atoms with Crippen LogP contribution in [0.25, 0.3) is 0 Å². The Bertz CT molecular complexity index is 174. The van der Waals surface area contributed by atoms with Crippen molar-refractivity contribution in [2.45, 2.75) is 39.4 Å². The predicted octanol–water partition coefficient (Wildman–Crippen LogP) is 3.77. The number of hydrogen-bond acceptors (Lipinski definition) is 3. The van der Waals surface area contributed by atoms with Crippen molar-refractivity contribution in [2.24, 2.45) is 0 Å². The third kappa shape index (κ3) is 5.23. The van der Waals surface area contributed by atoms with Crippen molar-refractivity contribution in [3.8, 4) is 0 Å². The van der Waals surface area contributed by atoms with Crippen LogP contribution >= 0.6 is 18.0 Å². The van der Waals surface area contributed by atoms with E-state index in [1.807, 2.05) is 13.8 Å². The summed E-state index contributed by atoms with van der Waals surface area (Å²) in [5, 5.41) is 0. The van der Waals surface area contributed by atoms with Gasteiger partial charge in [0.05, 0.1) is 6.61 Å². The summed E-state index contributed by atoms with van der Waals surface area (Å²) in [4.78, 5) is 0. The van der Waals surface area contributed by atoms with Gasteiger partial charge < -0.3 is 4.52 Å². The first kappa shape index (κ1) is 12.5. The minimum absolute atomic E-state index is 0.0146. The van der Waals surface area contributed by atoms with E-state index in [4.69, 9.17) is 4.52 Å². The summed E-state index contributed by atoms with van der Waals surface area (Å²) < 4.78 is 17.2. The lowest BCUT2D eigenvalue weighted by molar-refractivity contribution is 0.346. The van der Waals surface area contributed by atoms with Gasteiger partial charge in [0, 0.05) is 10.9 Å². The fourth-order valence-electron chi connectivity index (χ4n) is 0.796. The molecule has 0 amide bonds. The van der Waals surface area contributed by atoms with Crippen LogP contribution in [0.15, 0.2) is 0 Å². The third-order valence-electron chi connectivity index (χ3n) is 1.13. The Labute approximate surface area is 79.7 Å². The Morgan fingerprint density at radius 3 is 2.08 bits per heavy atom. The van der Waals surface area contributed by atoms with Crippen LogP contribution in [0.2, 0.25) is 0 Å². The molecular weight excluding hydrogens is 191 g/mol. The van der Waals surface area contributed by atoms with Gasteiger partial charge in [-0.3, -0.25) is 4.57 Å². The second-order valence-electron chi connectivity index (χ2n) is 3.55. The van der Waals surface area contributed by atoms with E-state index in [1.165, 1.54) is 11.4 Å². The molecule has 0 radical (unpaired) electrons. The zero-order chi connectivity index (χ0) is 9.83. The Morgan fingerprint density at radius 2 is 1.83 bits per heavy atom. The van der Waals surface area contributed by atoms with Gasteiger partial charge in [-0.15, -0.1) is 0 Å². The van der Waals surface area contributed by atoms with Gasteiger partial charge in [0.25, 0.3) is 6.57 Å². The Balaban J connectivity index is 4.25. The Hall–Kier alpha value is 0.540. The molecule has 0 bridgehead atoms. The molecule has 4 heteroatoms. The van der Waals surface area contributed by atoms with E-state index in [2.05, 4.69) is 20.8 Å². The molecule has 0 aliphatic rings. The molecule has 74 valence electrons. The highest BCUT2D eigenvalue weighted by Crippen LogP contribution is 2.63. The third-order valence-corrected chi connectivity index (χ3v) is 6.95. The lowest BCUT2D eigenvalue weighted by Crippen LogP contribution is -2.08. The quantitative estimate of drug-likeness (QED) is 0.661. The summed E-state index contributed by atoms with van der Waals surface area (Å²) in [6, 6.07) is 0. The Morgan fingerprint density at radius 1 is 1.33 bits per heavy atom. The fourth-order valence-corrected chi connectivity index (χ4v) is 5.75.